The highest BCUT2D eigenvalue weighted by molar-refractivity contribution is 6.54. The van der Waals surface area contributed by atoms with Crippen molar-refractivity contribution in [3.05, 3.63) is 42.0 Å². The average molecular weight is 343 g/mol. The summed E-state index contributed by atoms with van der Waals surface area (Å²) in [5.74, 6) is 0. The first-order chi connectivity index (χ1) is 11.7. The zero-order valence-electron chi connectivity index (χ0n) is 15.3. The first-order valence-corrected chi connectivity index (χ1v) is 8.44. The van der Waals surface area contributed by atoms with Crippen LogP contribution < -0.4 is 0 Å². The number of halogens is 1. The Morgan fingerprint density at radius 2 is 1.96 bits per heavy atom. The molecule has 2 aromatic rings. The summed E-state index contributed by atoms with van der Waals surface area (Å²) in [5.41, 5.74) is 0.687. The summed E-state index contributed by atoms with van der Waals surface area (Å²) in [7, 11) is -1.01. The summed E-state index contributed by atoms with van der Waals surface area (Å²) >= 11 is 0. The Morgan fingerprint density at radius 3 is 2.52 bits per heavy atom. The maximum Gasteiger partial charge on any atom is 0.525 e. The number of nitrogens with zero attached hydrogens (tertiary/aromatic N) is 3. The van der Waals surface area contributed by atoms with E-state index in [1.165, 1.54) is 6.08 Å². The Morgan fingerprint density at radius 1 is 1.28 bits per heavy atom. The molecule has 0 bridgehead atoms. The maximum atomic E-state index is 14.8. The van der Waals surface area contributed by atoms with Gasteiger partial charge in [0.25, 0.3) is 0 Å². The fourth-order valence-corrected chi connectivity index (χ4v) is 2.62. The quantitative estimate of drug-likeness (QED) is 0.790. The number of rotatable bonds is 4. The van der Waals surface area contributed by atoms with Gasteiger partial charge in [-0.25, -0.2) is 4.39 Å². The summed E-state index contributed by atoms with van der Waals surface area (Å²) in [6.07, 6.45) is 4.87. The Labute approximate surface area is 148 Å². The summed E-state index contributed by atoms with van der Waals surface area (Å²) in [6, 6.07) is 5.61. The van der Waals surface area contributed by atoms with Crippen molar-refractivity contribution >= 4 is 13.2 Å². The van der Waals surface area contributed by atoms with Crippen molar-refractivity contribution in [1.29, 1.82) is 0 Å². The van der Waals surface area contributed by atoms with Crippen molar-refractivity contribution in [3.63, 3.8) is 0 Å². The molecule has 0 N–H and O–H groups in total. The molecule has 0 unspecified atom stereocenters. The first kappa shape index (κ1) is 17.8. The van der Waals surface area contributed by atoms with Gasteiger partial charge in [-0.05, 0) is 58.9 Å². The van der Waals surface area contributed by atoms with Gasteiger partial charge in [-0.2, -0.15) is 5.10 Å². The topological polar surface area (TPSA) is 49.2 Å². The molecule has 1 saturated heterocycles. The molecule has 0 radical (unpaired) electrons. The van der Waals surface area contributed by atoms with Crippen molar-refractivity contribution in [2.75, 3.05) is 0 Å². The number of pyridine rings is 1. The molecule has 1 fully saturated rings. The largest absolute Gasteiger partial charge is 0.525 e. The molecule has 0 spiro atoms. The van der Waals surface area contributed by atoms with Crippen molar-refractivity contribution in [2.45, 2.75) is 52.4 Å². The van der Waals surface area contributed by atoms with Crippen LogP contribution >= 0.6 is 0 Å². The van der Waals surface area contributed by atoms with Crippen LogP contribution in [0, 0.1) is 0 Å². The lowest BCUT2D eigenvalue weighted by atomic mass is 9.87. The van der Waals surface area contributed by atoms with Gasteiger partial charge in [-0.1, -0.05) is 0 Å². The molecule has 132 valence electrons. The van der Waals surface area contributed by atoms with Crippen LogP contribution in [0.15, 0.2) is 36.3 Å². The first-order valence-electron chi connectivity index (χ1n) is 8.44. The predicted molar refractivity (Wildman–Crippen MR) is 96.3 cm³/mol. The lowest BCUT2D eigenvalue weighted by molar-refractivity contribution is 0.00578. The van der Waals surface area contributed by atoms with E-state index in [1.54, 1.807) is 17.1 Å². The van der Waals surface area contributed by atoms with E-state index < -0.39 is 24.0 Å². The van der Waals surface area contributed by atoms with Crippen LogP contribution in [0.25, 0.3) is 17.3 Å². The molecule has 25 heavy (non-hydrogen) atoms. The van der Waals surface area contributed by atoms with Crippen molar-refractivity contribution in [3.8, 4) is 11.3 Å². The lowest BCUT2D eigenvalue weighted by Crippen LogP contribution is -2.41. The molecular formula is C18H23BFN3O2. The van der Waals surface area contributed by atoms with Crippen molar-refractivity contribution in [1.82, 2.24) is 14.8 Å². The zero-order valence-corrected chi connectivity index (χ0v) is 15.3. The molecule has 0 atom stereocenters. The van der Waals surface area contributed by atoms with E-state index in [9.17, 15) is 4.39 Å². The lowest BCUT2D eigenvalue weighted by Gasteiger charge is -2.32. The number of hydrogen-bond donors (Lipinski definition) is 0. The monoisotopic (exact) mass is 343 g/mol. The second kappa shape index (κ2) is 6.39. The van der Waals surface area contributed by atoms with Crippen LogP contribution in [0.1, 0.15) is 40.3 Å². The minimum Gasteiger partial charge on any atom is -0.398 e. The van der Waals surface area contributed by atoms with Gasteiger partial charge in [0.05, 0.1) is 22.6 Å². The summed E-state index contributed by atoms with van der Waals surface area (Å²) < 4.78 is 28.0. The molecule has 3 heterocycles. The summed E-state index contributed by atoms with van der Waals surface area (Å²) in [4.78, 5) is 4.10. The van der Waals surface area contributed by atoms with Crippen LogP contribution in [-0.2, 0) is 15.9 Å². The highest BCUT2D eigenvalue weighted by Crippen LogP contribution is 2.39. The standard InChI is InChI=1S/C18H23BFN3O2/c1-6-23-14(10-15(22-23)13-8-7-9-21-12-13)11-16(20)19-24-17(2,3)18(4,5)25-19/h7-12H,6H2,1-5H3. The van der Waals surface area contributed by atoms with Gasteiger partial charge < -0.3 is 9.31 Å². The number of hydrogen-bond acceptors (Lipinski definition) is 4. The van der Waals surface area contributed by atoms with E-state index in [1.807, 2.05) is 52.8 Å². The Hall–Kier alpha value is -1.99. The van der Waals surface area contributed by atoms with Gasteiger partial charge in [-0.3, -0.25) is 9.67 Å². The molecule has 2 aromatic heterocycles. The van der Waals surface area contributed by atoms with E-state index in [0.29, 0.717) is 12.2 Å². The van der Waals surface area contributed by atoms with Crippen LogP contribution in [-0.4, -0.2) is 33.1 Å². The Balaban J connectivity index is 1.89. The molecule has 5 nitrogen and oxygen atoms in total. The molecule has 0 aromatic carbocycles. The maximum absolute atomic E-state index is 14.8. The highest BCUT2D eigenvalue weighted by Gasteiger charge is 2.53. The third-order valence-corrected chi connectivity index (χ3v) is 4.83. The predicted octanol–water partition coefficient (Wildman–Crippen LogP) is 3.91. The zero-order chi connectivity index (χ0) is 18.2. The summed E-state index contributed by atoms with van der Waals surface area (Å²) in [6.45, 7) is 10.2. The van der Waals surface area contributed by atoms with Gasteiger partial charge in [0, 0.05) is 24.5 Å². The molecule has 1 aliphatic rings. The van der Waals surface area contributed by atoms with Crippen LogP contribution in [0.3, 0.4) is 0 Å². The van der Waals surface area contributed by atoms with Gasteiger partial charge in [-0.15, -0.1) is 0 Å². The molecule has 0 amide bonds. The second-order valence-electron chi connectivity index (χ2n) is 7.13. The summed E-state index contributed by atoms with van der Waals surface area (Å²) in [5, 5.41) is 4.52. The van der Waals surface area contributed by atoms with Gasteiger partial charge in [0.1, 0.15) is 5.73 Å². The van der Waals surface area contributed by atoms with E-state index in [4.69, 9.17) is 9.31 Å². The Kier molecular flexibility index (Phi) is 4.55. The normalized spacial score (nSPS) is 19.4. The van der Waals surface area contributed by atoms with E-state index in [2.05, 4.69) is 10.1 Å². The highest BCUT2D eigenvalue weighted by atomic mass is 19.1. The number of aromatic nitrogens is 3. The van der Waals surface area contributed by atoms with Crippen LogP contribution in [0.4, 0.5) is 4.39 Å². The van der Waals surface area contributed by atoms with Gasteiger partial charge in [0.15, 0.2) is 0 Å². The van der Waals surface area contributed by atoms with E-state index in [-0.39, 0.29) is 0 Å². The molecule has 0 saturated carbocycles. The third kappa shape index (κ3) is 3.39. The number of aryl methyl sites for hydroxylation is 1. The molecule has 0 aliphatic carbocycles. The fourth-order valence-electron chi connectivity index (χ4n) is 2.62. The molecular weight excluding hydrogens is 320 g/mol. The Bertz CT molecular complexity index is 771. The van der Waals surface area contributed by atoms with Crippen LogP contribution in [0.5, 0.6) is 0 Å². The van der Waals surface area contributed by atoms with E-state index in [0.717, 1.165) is 11.3 Å². The third-order valence-electron chi connectivity index (χ3n) is 4.83. The molecule has 7 heteroatoms. The molecule has 1 aliphatic heterocycles. The average Bonchev–Trinajstić information content (AvgIpc) is 3.06. The van der Waals surface area contributed by atoms with E-state index >= 15 is 0 Å². The fraction of sp³-hybridized carbons (Fsp3) is 0.444. The minimum absolute atomic E-state index is 0.467. The van der Waals surface area contributed by atoms with Crippen molar-refractivity contribution < 1.29 is 13.7 Å². The smallest absolute Gasteiger partial charge is 0.398 e. The van der Waals surface area contributed by atoms with Crippen LogP contribution in [0.2, 0.25) is 0 Å². The SMILES string of the molecule is CCn1nc(-c2cccnc2)cc1C=C(F)B1OC(C)(C)C(C)(C)O1. The second-order valence-corrected chi connectivity index (χ2v) is 7.13. The van der Waals surface area contributed by atoms with Crippen molar-refractivity contribution in [2.24, 2.45) is 0 Å². The van der Waals surface area contributed by atoms with Gasteiger partial charge in [0.2, 0.25) is 0 Å². The van der Waals surface area contributed by atoms with Gasteiger partial charge >= 0.3 is 7.12 Å². The molecule has 3 rings (SSSR count). The minimum atomic E-state index is -1.01.